The first-order chi connectivity index (χ1) is 26.1. The average Bonchev–Trinajstić information content (AvgIpc) is 3.15. The Hall–Kier alpha value is -1.22. The van der Waals surface area contributed by atoms with E-state index >= 15 is 0 Å². The third kappa shape index (κ3) is 40.3. The quantitative estimate of drug-likeness (QED) is 0.0468. The highest BCUT2D eigenvalue weighted by Gasteiger charge is 2.13. The molecule has 0 heterocycles. The van der Waals surface area contributed by atoms with Crippen LogP contribution < -0.4 is 0 Å². The summed E-state index contributed by atoms with van der Waals surface area (Å²) in [6, 6.07) is 0. The van der Waals surface area contributed by atoms with Crippen LogP contribution in [-0.2, 0) is 19.1 Å². The second-order valence-electron chi connectivity index (χ2n) is 15.6. The molecule has 0 saturated carbocycles. The molecule has 0 spiro atoms. The number of esters is 2. The number of ether oxygens (including phenoxy) is 2. The van der Waals surface area contributed by atoms with Crippen LogP contribution in [0.4, 0.5) is 0 Å². The van der Waals surface area contributed by atoms with Crippen LogP contribution in [0.2, 0.25) is 0 Å². The summed E-state index contributed by atoms with van der Waals surface area (Å²) in [7, 11) is 0. The molecule has 8 nitrogen and oxygen atoms in total. The zero-order chi connectivity index (χ0) is 38.7. The molecular formula is C45H90N2O6. The van der Waals surface area contributed by atoms with Crippen LogP contribution in [0.15, 0.2) is 0 Å². The lowest BCUT2D eigenvalue weighted by atomic mass is 10.0. The van der Waals surface area contributed by atoms with Gasteiger partial charge in [0.1, 0.15) is 0 Å². The number of hydrogen-bond acceptors (Lipinski definition) is 8. The molecule has 8 heteroatoms. The van der Waals surface area contributed by atoms with Gasteiger partial charge >= 0.3 is 11.9 Å². The maximum atomic E-state index is 12.5. The summed E-state index contributed by atoms with van der Waals surface area (Å²) >= 11 is 0. The molecule has 53 heavy (non-hydrogen) atoms. The van der Waals surface area contributed by atoms with Crippen molar-refractivity contribution in [2.45, 2.75) is 213 Å². The molecule has 0 amide bonds. The van der Waals surface area contributed by atoms with E-state index in [9.17, 15) is 19.8 Å². The predicted octanol–water partition coefficient (Wildman–Crippen LogP) is 10.8. The van der Waals surface area contributed by atoms with Crippen molar-refractivity contribution in [1.82, 2.24) is 9.80 Å². The van der Waals surface area contributed by atoms with Crippen molar-refractivity contribution in [3.63, 3.8) is 0 Å². The Balaban J connectivity index is 4.12. The summed E-state index contributed by atoms with van der Waals surface area (Å²) in [4.78, 5) is 29.3. The third-order valence-corrected chi connectivity index (χ3v) is 10.6. The van der Waals surface area contributed by atoms with Gasteiger partial charge in [0.05, 0.1) is 39.3 Å². The number of aliphatic hydroxyl groups excluding tert-OH is 2. The summed E-state index contributed by atoms with van der Waals surface area (Å²) < 4.78 is 11.1. The van der Waals surface area contributed by atoms with Gasteiger partial charge in [-0.25, -0.2) is 0 Å². The molecule has 0 aromatic rings. The number of hydrogen-bond donors (Lipinski definition) is 2. The van der Waals surface area contributed by atoms with Crippen molar-refractivity contribution < 1.29 is 29.3 Å². The first-order valence-corrected chi connectivity index (χ1v) is 23.0. The number of rotatable bonds is 44. The molecule has 0 aromatic carbocycles. The molecule has 2 N–H and O–H groups in total. The van der Waals surface area contributed by atoms with Crippen LogP contribution in [0, 0.1) is 0 Å². The van der Waals surface area contributed by atoms with E-state index in [1.165, 1.54) is 154 Å². The zero-order valence-corrected chi connectivity index (χ0v) is 35.4. The molecule has 0 atom stereocenters. The second-order valence-corrected chi connectivity index (χ2v) is 15.6. The lowest BCUT2D eigenvalue weighted by molar-refractivity contribution is -0.144. The van der Waals surface area contributed by atoms with Crippen molar-refractivity contribution in [3.05, 3.63) is 0 Å². The molecule has 0 saturated heterocycles. The molecule has 0 radical (unpaired) electrons. The maximum Gasteiger partial charge on any atom is 0.307 e. The minimum atomic E-state index is -0.174. The summed E-state index contributed by atoms with van der Waals surface area (Å²) in [6.07, 6.45) is 37.9. The monoisotopic (exact) mass is 755 g/mol. The van der Waals surface area contributed by atoms with E-state index in [2.05, 4.69) is 18.7 Å². The number of carbonyl (C=O) groups excluding carboxylic acids is 2. The molecule has 0 unspecified atom stereocenters. The molecule has 0 aromatic heterocycles. The standard InChI is InChI=1S/C45H90N2O6/c1-3-5-7-9-11-13-15-17-19-21-23-25-27-29-42-52-44(50)32-36-46(34-31-35-47(38-40-48)39-41-49)37-33-45(51)53-43-30-28-26-24-22-20-18-16-14-12-10-8-6-4-2/h48-49H,3-43H2,1-2H3. The van der Waals surface area contributed by atoms with Gasteiger partial charge in [-0.15, -0.1) is 0 Å². The van der Waals surface area contributed by atoms with Gasteiger partial charge in [-0.3, -0.25) is 14.5 Å². The normalized spacial score (nSPS) is 11.6. The highest BCUT2D eigenvalue weighted by molar-refractivity contribution is 5.70. The fourth-order valence-corrected chi connectivity index (χ4v) is 7.08. The smallest absolute Gasteiger partial charge is 0.307 e. The van der Waals surface area contributed by atoms with Gasteiger partial charge in [0, 0.05) is 26.2 Å². The summed E-state index contributed by atoms with van der Waals surface area (Å²) in [6.45, 7) is 9.24. The summed E-state index contributed by atoms with van der Waals surface area (Å²) in [5.74, 6) is -0.348. The van der Waals surface area contributed by atoms with Gasteiger partial charge in [0.2, 0.25) is 0 Å². The molecule has 0 aliphatic heterocycles. The molecule has 0 rings (SSSR count). The minimum absolute atomic E-state index is 0.0556. The van der Waals surface area contributed by atoms with Crippen LogP contribution in [0.1, 0.15) is 213 Å². The highest BCUT2D eigenvalue weighted by atomic mass is 16.5. The minimum Gasteiger partial charge on any atom is -0.466 e. The summed E-state index contributed by atoms with van der Waals surface area (Å²) in [5.41, 5.74) is 0. The first-order valence-electron chi connectivity index (χ1n) is 23.0. The van der Waals surface area contributed by atoms with E-state index in [4.69, 9.17) is 9.47 Å². The Labute approximate surface area is 328 Å². The van der Waals surface area contributed by atoms with Gasteiger partial charge in [0.25, 0.3) is 0 Å². The van der Waals surface area contributed by atoms with Gasteiger partial charge in [-0.1, -0.05) is 181 Å². The third-order valence-electron chi connectivity index (χ3n) is 10.6. The molecule has 0 bridgehead atoms. The lowest BCUT2D eigenvalue weighted by Gasteiger charge is -2.24. The van der Waals surface area contributed by atoms with Crippen molar-refractivity contribution in [2.75, 3.05) is 65.7 Å². The lowest BCUT2D eigenvalue weighted by Crippen LogP contribution is -2.35. The Morgan fingerprint density at radius 1 is 0.358 bits per heavy atom. The molecular weight excluding hydrogens is 665 g/mol. The summed E-state index contributed by atoms with van der Waals surface area (Å²) in [5, 5.41) is 18.7. The first kappa shape index (κ1) is 51.8. The van der Waals surface area contributed by atoms with E-state index in [-0.39, 0.29) is 25.2 Å². The fraction of sp³-hybridized carbons (Fsp3) is 0.956. The van der Waals surface area contributed by atoms with Crippen LogP contribution in [0.3, 0.4) is 0 Å². The van der Waals surface area contributed by atoms with Gasteiger partial charge in [-0.05, 0) is 32.4 Å². The van der Waals surface area contributed by atoms with Crippen molar-refractivity contribution in [1.29, 1.82) is 0 Å². The van der Waals surface area contributed by atoms with Crippen LogP contribution in [-0.4, -0.2) is 97.6 Å². The van der Waals surface area contributed by atoms with E-state index in [0.717, 1.165) is 45.2 Å². The molecule has 0 aliphatic carbocycles. The number of nitrogens with zero attached hydrogens (tertiary/aromatic N) is 2. The fourth-order valence-electron chi connectivity index (χ4n) is 7.08. The Morgan fingerprint density at radius 3 is 0.906 bits per heavy atom. The van der Waals surface area contributed by atoms with E-state index < -0.39 is 0 Å². The van der Waals surface area contributed by atoms with E-state index in [0.29, 0.717) is 52.2 Å². The number of unbranched alkanes of at least 4 members (excludes halogenated alkanes) is 26. The van der Waals surface area contributed by atoms with Crippen LogP contribution >= 0.6 is 0 Å². The van der Waals surface area contributed by atoms with Gasteiger partial charge < -0.3 is 24.6 Å². The van der Waals surface area contributed by atoms with Gasteiger partial charge in [-0.2, -0.15) is 0 Å². The zero-order valence-electron chi connectivity index (χ0n) is 35.4. The van der Waals surface area contributed by atoms with Crippen molar-refractivity contribution in [3.8, 4) is 0 Å². The van der Waals surface area contributed by atoms with Crippen LogP contribution in [0.5, 0.6) is 0 Å². The number of carbonyl (C=O) groups is 2. The van der Waals surface area contributed by atoms with Gasteiger partial charge in [0.15, 0.2) is 0 Å². The Kier molecular flexibility index (Phi) is 42.5. The second kappa shape index (κ2) is 43.5. The topological polar surface area (TPSA) is 99.5 Å². The predicted molar refractivity (Wildman–Crippen MR) is 223 cm³/mol. The highest BCUT2D eigenvalue weighted by Crippen LogP contribution is 2.15. The van der Waals surface area contributed by atoms with Crippen LogP contribution in [0.25, 0.3) is 0 Å². The Bertz CT molecular complexity index is 698. The average molecular weight is 755 g/mol. The Morgan fingerprint density at radius 2 is 0.623 bits per heavy atom. The molecule has 0 fully saturated rings. The van der Waals surface area contributed by atoms with Crippen molar-refractivity contribution >= 4 is 11.9 Å². The maximum absolute atomic E-state index is 12.5. The SMILES string of the molecule is CCCCCCCCCCCCCCCCOC(=O)CCN(CCCN(CCO)CCO)CCC(=O)OCCCCCCCCCCCCCCCC. The van der Waals surface area contributed by atoms with Crippen molar-refractivity contribution in [2.24, 2.45) is 0 Å². The molecule has 0 aliphatic rings. The molecule has 316 valence electrons. The van der Waals surface area contributed by atoms with E-state index in [1.54, 1.807) is 0 Å². The largest absolute Gasteiger partial charge is 0.466 e. The number of aliphatic hydroxyl groups is 2. The van der Waals surface area contributed by atoms with E-state index in [1.807, 2.05) is 4.90 Å².